The van der Waals surface area contributed by atoms with Crippen molar-refractivity contribution in [3.63, 3.8) is 0 Å². The Bertz CT molecular complexity index is 820. The second kappa shape index (κ2) is 6.85. The standard InChI is InChI=1S/C19H22N4S/c1-2-15-12-16-18(23-10-5-3-4-6-11-23)21-17(22-19(16)24-15)14-8-7-9-20-13-14/h7-9,12-13H,2-6,10-11H2,1H3. The molecule has 24 heavy (non-hydrogen) atoms. The molecule has 1 fully saturated rings. The van der Waals surface area contributed by atoms with Crippen molar-refractivity contribution in [1.29, 1.82) is 0 Å². The second-order valence-corrected chi connectivity index (χ2v) is 7.41. The van der Waals surface area contributed by atoms with Gasteiger partial charge < -0.3 is 4.90 Å². The maximum absolute atomic E-state index is 4.97. The molecule has 0 radical (unpaired) electrons. The molecule has 4 heterocycles. The van der Waals surface area contributed by atoms with E-state index in [9.17, 15) is 0 Å². The number of fused-ring (bicyclic) bond motifs is 1. The number of aryl methyl sites for hydroxylation is 1. The predicted octanol–water partition coefficient (Wildman–Crippen LogP) is 4.70. The number of nitrogens with zero attached hydrogens (tertiary/aromatic N) is 4. The molecule has 0 atom stereocenters. The molecular formula is C19H22N4S. The zero-order valence-corrected chi connectivity index (χ0v) is 14.9. The molecule has 3 aromatic rings. The third-order valence-electron chi connectivity index (χ3n) is 4.60. The van der Waals surface area contributed by atoms with Crippen molar-refractivity contribution < 1.29 is 0 Å². The molecule has 0 aromatic carbocycles. The van der Waals surface area contributed by atoms with Crippen LogP contribution < -0.4 is 4.90 Å². The van der Waals surface area contributed by atoms with Crippen molar-refractivity contribution in [3.8, 4) is 11.4 Å². The number of hydrogen-bond acceptors (Lipinski definition) is 5. The van der Waals surface area contributed by atoms with Crippen molar-refractivity contribution in [3.05, 3.63) is 35.5 Å². The van der Waals surface area contributed by atoms with Gasteiger partial charge in [0.05, 0.1) is 5.39 Å². The fourth-order valence-corrected chi connectivity index (χ4v) is 4.24. The molecule has 124 valence electrons. The monoisotopic (exact) mass is 338 g/mol. The third kappa shape index (κ3) is 3.00. The summed E-state index contributed by atoms with van der Waals surface area (Å²) in [5.41, 5.74) is 0.988. The Balaban J connectivity index is 1.86. The Morgan fingerprint density at radius 3 is 2.67 bits per heavy atom. The Morgan fingerprint density at radius 1 is 1.12 bits per heavy atom. The van der Waals surface area contributed by atoms with Crippen molar-refractivity contribution in [2.75, 3.05) is 18.0 Å². The summed E-state index contributed by atoms with van der Waals surface area (Å²) in [5.74, 6) is 1.90. The smallest absolute Gasteiger partial charge is 0.164 e. The predicted molar refractivity (Wildman–Crippen MR) is 101 cm³/mol. The van der Waals surface area contributed by atoms with E-state index in [1.54, 1.807) is 17.5 Å². The highest BCUT2D eigenvalue weighted by atomic mass is 32.1. The lowest BCUT2D eigenvalue weighted by Gasteiger charge is -2.22. The molecule has 0 saturated carbocycles. The van der Waals surface area contributed by atoms with Crippen LogP contribution in [0.15, 0.2) is 30.6 Å². The van der Waals surface area contributed by atoms with Gasteiger partial charge in [-0.15, -0.1) is 11.3 Å². The zero-order valence-electron chi connectivity index (χ0n) is 14.0. The Labute approximate surface area is 146 Å². The quantitative estimate of drug-likeness (QED) is 0.694. The highest BCUT2D eigenvalue weighted by Crippen LogP contribution is 2.34. The second-order valence-electron chi connectivity index (χ2n) is 6.30. The largest absolute Gasteiger partial charge is 0.356 e. The number of anilines is 1. The molecule has 3 aromatic heterocycles. The van der Waals surface area contributed by atoms with Gasteiger partial charge in [-0.25, -0.2) is 9.97 Å². The van der Waals surface area contributed by atoms with Crippen LogP contribution in [-0.2, 0) is 6.42 Å². The number of thiophene rings is 1. The minimum Gasteiger partial charge on any atom is -0.356 e. The summed E-state index contributed by atoms with van der Waals surface area (Å²) in [4.78, 5) is 19.0. The fraction of sp³-hybridized carbons (Fsp3) is 0.421. The minimum atomic E-state index is 0.791. The minimum absolute atomic E-state index is 0.791. The highest BCUT2D eigenvalue weighted by molar-refractivity contribution is 7.18. The van der Waals surface area contributed by atoms with E-state index in [-0.39, 0.29) is 0 Å². The lowest BCUT2D eigenvalue weighted by atomic mass is 10.2. The van der Waals surface area contributed by atoms with Gasteiger partial charge >= 0.3 is 0 Å². The van der Waals surface area contributed by atoms with Gasteiger partial charge in [-0.3, -0.25) is 4.98 Å². The first kappa shape index (κ1) is 15.5. The fourth-order valence-electron chi connectivity index (χ4n) is 3.28. The van der Waals surface area contributed by atoms with E-state index >= 15 is 0 Å². The third-order valence-corrected chi connectivity index (χ3v) is 5.77. The van der Waals surface area contributed by atoms with Crippen LogP contribution >= 0.6 is 11.3 Å². The van der Waals surface area contributed by atoms with Crippen LogP contribution in [0.25, 0.3) is 21.6 Å². The summed E-state index contributed by atoms with van der Waals surface area (Å²) in [6.07, 6.45) is 9.83. The van der Waals surface area contributed by atoms with E-state index in [0.29, 0.717) is 0 Å². The Morgan fingerprint density at radius 2 is 1.96 bits per heavy atom. The molecule has 1 aliphatic heterocycles. The SMILES string of the molecule is CCc1cc2c(N3CCCCCC3)nc(-c3cccnc3)nc2s1. The molecule has 1 saturated heterocycles. The van der Waals surface area contributed by atoms with Crippen LogP contribution in [-0.4, -0.2) is 28.0 Å². The van der Waals surface area contributed by atoms with Gasteiger partial charge in [0, 0.05) is 35.9 Å². The average molecular weight is 338 g/mol. The van der Waals surface area contributed by atoms with Crippen molar-refractivity contribution >= 4 is 27.4 Å². The lowest BCUT2D eigenvalue weighted by molar-refractivity contribution is 0.726. The molecule has 0 amide bonds. The van der Waals surface area contributed by atoms with Gasteiger partial charge in [-0.2, -0.15) is 0 Å². The summed E-state index contributed by atoms with van der Waals surface area (Å²) < 4.78 is 0. The van der Waals surface area contributed by atoms with Crippen LogP contribution in [0, 0.1) is 0 Å². The summed E-state index contributed by atoms with van der Waals surface area (Å²) >= 11 is 1.79. The topological polar surface area (TPSA) is 41.9 Å². The zero-order chi connectivity index (χ0) is 16.4. The first-order valence-corrected chi connectivity index (χ1v) is 9.62. The summed E-state index contributed by atoms with van der Waals surface area (Å²) in [6, 6.07) is 6.27. The molecule has 4 rings (SSSR count). The molecule has 0 aliphatic carbocycles. The van der Waals surface area contributed by atoms with E-state index in [0.717, 1.165) is 41.5 Å². The molecule has 5 heteroatoms. The lowest BCUT2D eigenvalue weighted by Crippen LogP contribution is -2.25. The van der Waals surface area contributed by atoms with Gasteiger partial charge in [-0.1, -0.05) is 19.8 Å². The normalized spacial score (nSPS) is 15.6. The van der Waals surface area contributed by atoms with Crippen molar-refractivity contribution in [2.45, 2.75) is 39.0 Å². The Kier molecular flexibility index (Phi) is 4.43. The van der Waals surface area contributed by atoms with E-state index in [4.69, 9.17) is 9.97 Å². The molecule has 0 bridgehead atoms. The van der Waals surface area contributed by atoms with Crippen LogP contribution in [0.5, 0.6) is 0 Å². The van der Waals surface area contributed by atoms with Gasteiger partial charge in [-0.05, 0) is 37.5 Å². The Hall–Kier alpha value is -2.01. The summed E-state index contributed by atoms with van der Waals surface area (Å²) in [7, 11) is 0. The number of hydrogen-bond donors (Lipinski definition) is 0. The van der Waals surface area contributed by atoms with Crippen LogP contribution in [0.1, 0.15) is 37.5 Å². The van der Waals surface area contributed by atoms with E-state index in [2.05, 4.69) is 22.9 Å². The first-order chi connectivity index (χ1) is 11.8. The molecule has 0 spiro atoms. The molecule has 0 N–H and O–H groups in total. The van der Waals surface area contributed by atoms with Gasteiger partial charge in [0.25, 0.3) is 0 Å². The first-order valence-electron chi connectivity index (χ1n) is 8.81. The maximum atomic E-state index is 4.97. The maximum Gasteiger partial charge on any atom is 0.164 e. The number of pyridine rings is 1. The van der Waals surface area contributed by atoms with Gasteiger partial charge in [0.1, 0.15) is 10.6 Å². The van der Waals surface area contributed by atoms with E-state index in [1.807, 2.05) is 18.3 Å². The average Bonchev–Trinajstić information content (AvgIpc) is 2.87. The molecule has 4 nitrogen and oxygen atoms in total. The van der Waals surface area contributed by atoms with Crippen molar-refractivity contribution in [2.24, 2.45) is 0 Å². The highest BCUT2D eigenvalue weighted by Gasteiger charge is 2.18. The summed E-state index contributed by atoms with van der Waals surface area (Å²) in [6.45, 7) is 4.39. The molecular weight excluding hydrogens is 316 g/mol. The summed E-state index contributed by atoms with van der Waals surface area (Å²) in [5, 5.41) is 1.21. The van der Waals surface area contributed by atoms with Crippen LogP contribution in [0.4, 0.5) is 5.82 Å². The van der Waals surface area contributed by atoms with Gasteiger partial charge in [0.15, 0.2) is 5.82 Å². The molecule has 0 unspecified atom stereocenters. The van der Waals surface area contributed by atoms with Crippen LogP contribution in [0.3, 0.4) is 0 Å². The molecule has 1 aliphatic rings. The number of rotatable bonds is 3. The van der Waals surface area contributed by atoms with Crippen LogP contribution in [0.2, 0.25) is 0 Å². The number of aromatic nitrogens is 3. The van der Waals surface area contributed by atoms with Crippen molar-refractivity contribution in [1.82, 2.24) is 15.0 Å². The van der Waals surface area contributed by atoms with E-state index < -0.39 is 0 Å². The van der Waals surface area contributed by atoms with E-state index in [1.165, 1.54) is 35.9 Å². The van der Waals surface area contributed by atoms with Gasteiger partial charge in [0.2, 0.25) is 0 Å².